The van der Waals surface area contributed by atoms with E-state index in [9.17, 15) is 0 Å². The van der Waals surface area contributed by atoms with E-state index in [1.165, 1.54) is 5.56 Å². The maximum Gasteiger partial charge on any atom is 0.0753 e. The first kappa shape index (κ1) is 17.0. The smallest absolute Gasteiger partial charge is 0.0753 e. The van der Waals surface area contributed by atoms with Gasteiger partial charge in [-0.15, -0.1) is 0 Å². The first-order valence-corrected chi connectivity index (χ1v) is 8.67. The molecular formula is C19H26N4O. The van der Waals surface area contributed by atoms with Crippen LogP contribution in [0.1, 0.15) is 24.2 Å². The van der Waals surface area contributed by atoms with E-state index in [2.05, 4.69) is 57.4 Å². The van der Waals surface area contributed by atoms with E-state index in [1.54, 1.807) is 12.4 Å². The summed E-state index contributed by atoms with van der Waals surface area (Å²) in [6.45, 7) is 6.85. The molecule has 5 heteroatoms. The Kier molecular flexibility index (Phi) is 6.29. The molecule has 2 aromatic rings. The van der Waals surface area contributed by atoms with Crippen LogP contribution in [0.25, 0.3) is 0 Å². The number of nitrogens with zero attached hydrogens (tertiary/aromatic N) is 3. The fraction of sp³-hybridized carbons (Fsp3) is 0.474. The maximum absolute atomic E-state index is 5.47. The highest BCUT2D eigenvalue weighted by Gasteiger charge is 2.20. The van der Waals surface area contributed by atoms with Crippen LogP contribution in [0, 0.1) is 0 Å². The van der Waals surface area contributed by atoms with Crippen LogP contribution in [0.5, 0.6) is 0 Å². The quantitative estimate of drug-likeness (QED) is 0.844. The number of hydrogen-bond acceptors (Lipinski definition) is 5. The molecule has 0 amide bonds. The molecule has 0 aliphatic carbocycles. The minimum Gasteiger partial charge on any atom is -0.379 e. The Morgan fingerprint density at radius 2 is 1.96 bits per heavy atom. The molecule has 5 nitrogen and oxygen atoms in total. The number of benzene rings is 1. The highest BCUT2D eigenvalue weighted by Crippen LogP contribution is 2.12. The minimum atomic E-state index is 0.174. The molecule has 3 rings (SSSR count). The van der Waals surface area contributed by atoms with Crippen molar-refractivity contribution < 1.29 is 4.74 Å². The van der Waals surface area contributed by atoms with E-state index in [0.29, 0.717) is 6.04 Å². The van der Waals surface area contributed by atoms with Crippen molar-refractivity contribution in [3.63, 3.8) is 0 Å². The zero-order valence-corrected chi connectivity index (χ0v) is 14.3. The van der Waals surface area contributed by atoms with Crippen LogP contribution >= 0.6 is 0 Å². The average molecular weight is 326 g/mol. The number of nitrogens with one attached hydrogen (secondary N) is 1. The van der Waals surface area contributed by atoms with Gasteiger partial charge in [0.05, 0.1) is 18.9 Å². The van der Waals surface area contributed by atoms with Gasteiger partial charge in [0.25, 0.3) is 0 Å². The van der Waals surface area contributed by atoms with Crippen LogP contribution in [-0.4, -0.2) is 53.8 Å². The van der Waals surface area contributed by atoms with Crippen LogP contribution in [0.15, 0.2) is 48.9 Å². The molecule has 1 saturated heterocycles. The fourth-order valence-electron chi connectivity index (χ4n) is 3.14. The molecule has 1 aromatic heterocycles. The summed E-state index contributed by atoms with van der Waals surface area (Å²) in [7, 11) is 0. The SMILES string of the molecule is C[C@@H](N[C@@H](Cc1ccccc1)CN1CCOCC1)c1cnccn1. The monoisotopic (exact) mass is 326 g/mol. The van der Waals surface area contributed by atoms with Crippen molar-refractivity contribution in [1.82, 2.24) is 20.2 Å². The van der Waals surface area contributed by atoms with Crippen molar-refractivity contribution in [1.29, 1.82) is 0 Å². The van der Waals surface area contributed by atoms with Gasteiger partial charge in [-0.2, -0.15) is 0 Å². The molecule has 128 valence electrons. The number of aromatic nitrogens is 2. The first-order valence-electron chi connectivity index (χ1n) is 8.67. The van der Waals surface area contributed by atoms with Crippen LogP contribution in [-0.2, 0) is 11.2 Å². The van der Waals surface area contributed by atoms with Crippen molar-refractivity contribution in [2.24, 2.45) is 0 Å². The Morgan fingerprint density at radius 1 is 1.17 bits per heavy atom. The van der Waals surface area contributed by atoms with Gasteiger partial charge in [0.15, 0.2) is 0 Å². The van der Waals surface area contributed by atoms with E-state index in [-0.39, 0.29) is 6.04 Å². The van der Waals surface area contributed by atoms with Gasteiger partial charge in [0, 0.05) is 50.3 Å². The highest BCUT2D eigenvalue weighted by molar-refractivity contribution is 5.16. The molecule has 0 radical (unpaired) electrons. The molecule has 24 heavy (non-hydrogen) atoms. The lowest BCUT2D eigenvalue weighted by atomic mass is 10.0. The average Bonchev–Trinajstić information content (AvgIpc) is 2.64. The molecule has 2 heterocycles. The van der Waals surface area contributed by atoms with Crippen LogP contribution in [0.2, 0.25) is 0 Å². The second-order valence-electron chi connectivity index (χ2n) is 6.32. The maximum atomic E-state index is 5.47. The summed E-state index contributed by atoms with van der Waals surface area (Å²) >= 11 is 0. The summed E-state index contributed by atoms with van der Waals surface area (Å²) < 4.78 is 5.47. The fourth-order valence-corrected chi connectivity index (χ4v) is 3.14. The summed E-state index contributed by atoms with van der Waals surface area (Å²) in [5, 5.41) is 3.74. The third-order valence-corrected chi connectivity index (χ3v) is 4.42. The van der Waals surface area contributed by atoms with E-state index in [0.717, 1.165) is 45.0 Å². The summed E-state index contributed by atoms with van der Waals surface area (Å²) in [5.41, 5.74) is 2.34. The summed E-state index contributed by atoms with van der Waals surface area (Å²) in [5.74, 6) is 0. The molecule has 1 aliphatic heterocycles. The molecule has 0 spiro atoms. The second kappa shape index (κ2) is 8.87. The standard InChI is InChI=1S/C19H26N4O/c1-16(19-14-20-7-8-21-19)22-18(13-17-5-3-2-4-6-17)15-23-9-11-24-12-10-23/h2-8,14,16,18,22H,9-13,15H2,1H3/t16-,18+/m1/s1. The summed E-state index contributed by atoms with van der Waals surface area (Å²) in [4.78, 5) is 11.1. The van der Waals surface area contributed by atoms with Crippen molar-refractivity contribution in [2.75, 3.05) is 32.8 Å². The van der Waals surface area contributed by atoms with Gasteiger partial charge >= 0.3 is 0 Å². The van der Waals surface area contributed by atoms with E-state index in [4.69, 9.17) is 4.74 Å². The van der Waals surface area contributed by atoms with Crippen LogP contribution in [0.4, 0.5) is 0 Å². The third kappa shape index (κ3) is 5.09. The topological polar surface area (TPSA) is 50.3 Å². The van der Waals surface area contributed by atoms with Gasteiger partial charge < -0.3 is 10.1 Å². The van der Waals surface area contributed by atoms with Gasteiger partial charge in [0.1, 0.15) is 0 Å². The molecule has 1 fully saturated rings. The van der Waals surface area contributed by atoms with Crippen LogP contribution in [0.3, 0.4) is 0 Å². The summed E-state index contributed by atoms with van der Waals surface area (Å²) in [6, 6.07) is 11.2. The largest absolute Gasteiger partial charge is 0.379 e. The Bertz CT molecular complexity index is 587. The number of morpholine rings is 1. The lowest BCUT2D eigenvalue weighted by Crippen LogP contribution is -2.47. The van der Waals surface area contributed by atoms with E-state index < -0.39 is 0 Å². The van der Waals surface area contributed by atoms with E-state index >= 15 is 0 Å². The molecular weight excluding hydrogens is 300 g/mol. The Labute approximate surface area is 144 Å². The minimum absolute atomic E-state index is 0.174. The second-order valence-corrected chi connectivity index (χ2v) is 6.32. The zero-order valence-electron chi connectivity index (χ0n) is 14.3. The van der Waals surface area contributed by atoms with Gasteiger partial charge in [-0.05, 0) is 18.9 Å². The van der Waals surface area contributed by atoms with E-state index in [1.807, 2.05) is 6.20 Å². The number of hydrogen-bond donors (Lipinski definition) is 1. The third-order valence-electron chi connectivity index (χ3n) is 4.42. The van der Waals surface area contributed by atoms with Crippen molar-refractivity contribution in [2.45, 2.75) is 25.4 Å². The molecule has 0 saturated carbocycles. The Balaban J connectivity index is 1.66. The number of ether oxygens (including phenoxy) is 1. The number of rotatable bonds is 7. The van der Waals surface area contributed by atoms with Crippen molar-refractivity contribution in [3.8, 4) is 0 Å². The van der Waals surface area contributed by atoms with Crippen molar-refractivity contribution in [3.05, 3.63) is 60.2 Å². The van der Waals surface area contributed by atoms with Gasteiger partial charge in [0.2, 0.25) is 0 Å². The van der Waals surface area contributed by atoms with Crippen LogP contribution < -0.4 is 5.32 Å². The van der Waals surface area contributed by atoms with Gasteiger partial charge in [-0.1, -0.05) is 30.3 Å². The first-order chi connectivity index (χ1) is 11.8. The zero-order chi connectivity index (χ0) is 16.6. The molecule has 2 atom stereocenters. The van der Waals surface area contributed by atoms with Gasteiger partial charge in [-0.3, -0.25) is 14.9 Å². The summed E-state index contributed by atoms with van der Waals surface area (Å²) in [6.07, 6.45) is 6.31. The predicted octanol–water partition coefficient (Wildman–Crippen LogP) is 2.07. The normalized spacial score (nSPS) is 18.2. The molecule has 0 unspecified atom stereocenters. The lowest BCUT2D eigenvalue weighted by molar-refractivity contribution is 0.0330. The van der Waals surface area contributed by atoms with Crippen molar-refractivity contribution >= 4 is 0 Å². The Hall–Kier alpha value is -1.82. The Morgan fingerprint density at radius 3 is 2.67 bits per heavy atom. The molecule has 1 aromatic carbocycles. The predicted molar refractivity (Wildman–Crippen MR) is 94.8 cm³/mol. The molecule has 0 bridgehead atoms. The molecule has 1 N–H and O–H groups in total. The van der Waals surface area contributed by atoms with Gasteiger partial charge in [-0.25, -0.2) is 0 Å². The highest BCUT2D eigenvalue weighted by atomic mass is 16.5. The molecule has 1 aliphatic rings. The lowest BCUT2D eigenvalue weighted by Gasteiger charge is -2.32.